The number of primary amides is 1. The van der Waals surface area contributed by atoms with E-state index in [0.29, 0.717) is 36.1 Å². The maximum absolute atomic E-state index is 12.2. The SMILES string of the molecule is NC(=O)c1ccc(NC(=O)CN2CC(c3nc(-c4cccnc4)no3)C2)cc1. The van der Waals surface area contributed by atoms with Crippen LogP contribution < -0.4 is 11.1 Å². The first-order chi connectivity index (χ1) is 13.6. The summed E-state index contributed by atoms with van der Waals surface area (Å²) in [5, 5.41) is 6.79. The fourth-order valence-electron chi connectivity index (χ4n) is 2.99. The molecular formula is C19H18N6O3. The largest absolute Gasteiger partial charge is 0.366 e. The van der Waals surface area contributed by atoms with Crippen molar-refractivity contribution >= 4 is 17.5 Å². The van der Waals surface area contributed by atoms with Crippen LogP contribution in [0.2, 0.25) is 0 Å². The molecule has 0 bridgehead atoms. The second-order valence-electron chi connectivity index (χ2n) is 6.58. The first-order valence-electron chi connectivity index (χ1n) is 8.74. The Hall–Kier alpha value is -3.59. The van der Waals surface area contributed by atoms with Crippen LogP contribution in [0.1, 0.15) is 22.2 Å². The number of likely N-dealkylation sites (tertiary alicyclic amines) is 1. The van der Waals surface area contributed by atoms with Gasteiger partial charge >= 0.3 is 0 Å². The molecule has 1 aromatic carbocycles. The number of amides is 2. The van der Waals surface area contributed by atoms with Crippen LogP contribution in [0, 0.1) is 0 Å². The number of hydrogen-bond donors (Lipinski definition) is 2. The monoisotopic (exact) mass is 378 g/mol. The first-order valence-corrected chi connectivity index (χ1v) is 8.74. The zero-order valence-corrected chi connectivity index (χ0v) is 14.9. The molecule has 28 heavy (non-hydrogen) atoms. The van der Waals surface area contributed by atoms with Crippen LogP contribution in [0.25, 0.3) is 11.4 Å². The number of benzene rings is 1. The lowest BCUT2D eigenvalue weighted by atomic mass is 10.0. The van der Waals surface area contributed by atoms with Crippen molar-refractivity contribution in [2.45, 2.75) is 5.92 Å². The van der Waals surface area contributed by atoms with E-state index < -0.39 is 5.91 Å². The summed E-state index contributed by atoms with van der Waals surface area (Å²) in [6.07, 6.45) is 3.37. The number of carbonyl (C=O) groups excluding carboxylic acids is 2. The molecular weight excluding hydrogens is 360 g/mol. The van der Waals surface area contributed by atoms with E-state index in [1.54, 1.807) is 36.7 Å². The third-order valence-electron chi connectivity index (χ3n) is 4.49. The smallest absolute Gasteiger partial charge is 0.248 e. The highest BCUT2D eigenvalue weighted by Crippen LogP contribution is 2.27. The molecule has 2 amide bonds. The molecule has 1 aliphatic rings. The lowest BCUT2D eigenvalue weighted by Gasteiger charge is -2.36. The topological polar surface area (TPSA) is 127 Å². The summed E-state index contributed by atoms with van der Waals surface area (Å²) in [6, 6.07) is 10.1. The third-order valence-corrected chi connectivity index (χ3v) is 4.49. The van der Waals surface area contributed by atoms with Gasteiger partial charge in [-0.1, -0.05) is 5.16 Å². The van der Waals surface area contributed by atoms with Crippen LogP contribution in [-0.4, -0.2) is 51.5 Å². The van der Waals surface area contributed by atoms with Gasteiger partial charge in [0.1, 0.15) is 0 Å². The number of nitrogens with two attached hydrogens (primary N) is 1. The predicted octanol–water partition coefficient (Wildman–Crippen LogP) is 1.27. The lowest BCUT2D eigenvalue weighted by Crippen LogP contribution is -2.48. The molecule has 1 aliphatic heterocycles. The van der Waals surface area contributed by atoms with E-state index >= 15 is 0 Å². The van der Waals surface area contributed by atoms with Crippen LogP contribution in [0.3, 0.4) is 0 Å². The van der Waals surface area contributed by atoms with E-state index in [1.807, 2.05) is 17.0 Å². The molecule has 4 rings (SSSR count). The Bertz CT molecular complexity index is 980. The minimum Gasteiger partial charge on any atom is -0.366 e. The van der Waals surface area contributed by atoms with Crippen LogP contribution in [0.15, 0.2) is 53.3 Å². The second-order valence-corrected chi connectivity index (χ2v) is 6.58. The molecule has 1 fully saturated rings. The summed E-state index contributed by atoms with van der Waals surface area (Å²) in [4.78, 5) is 33.7. The minimum absolute atomic E-state index is 0.112. The Labute approximate surface area is 160 Å². The maximum atomic E-state index is 12.2. The number of pyridine rings is 1. The van der Waals surface area contributed by atoms with Gasteiger partial charge in [0.25, 0.3) is 0 Å². The average Bonchev–Trinajstić information content (AvgIpc) is 3.15. The van der Waals surface area contributed by atoms with E-state index in [9.17, 15) is 9.59 Å². The third kappa shape index (κ3) is 3.89. The molecule has 9 heteroatoms. The Morgan fingerprint density at radius 3 is 2.68 bits per heavy atom. The van der Waals surface area contributed by atoms with Gasteiger partial charge in [-0.3, -0.25) is 19.5 Å². The van der Waals surface area contributed by atoms with Crippen molar-refractivity contribution in [3.05, 3.63) is 60.2 Å². The molecule has 0 aliphatic carbocycles. The molecule has 3 N–H and O–H groups in total. The minimum atomic E-state index is -0.503. The summed E-state index contributed by atoms with van der Waals surface area (Å²) < 4.78 is 5.35. The lowest BCUT2D eigenvalue weighted by molar-refractivity contribution is -0.118. The predicted molar refractivity (Wildman–Crippen MR) is 100 cm³/mol. The quantitative estimate of drug-likeness (QED) is 0.661. The molecule has 0 spiro atoms. The van der Waals surface area contributed by atoms with Crippen molar-refractivity contribution in [3.63, 3.8) is 0 Å². The van der Waals surface area contributed by atoms with E-state index in [-0.39, 0.29) is 18.4 Å². The summed E-state index contributed by atoms with van der Waals surface area (Å²) in [7, 11) is 0. The highest BCUT2D eigenvalue weighted by molar-refractivity contribution is 5.95. The normalized spacial score (nSPS) is 14.4. The van der Waals surface area contributed by atoms with Gasteiger partial charge in [-0.15, -0.1) is 0 Å². The Morgan fingerprint density at radius 1 is 1.21 bits per heavy atom. The fraction of sp³-hybridized carbons (Fsp3) is 0.211. The van der Waals surface area contributed by atoms with Crippen molar-refractivity contribution in [3.8, 4) is 11.4 Å². The van der Waals surface area contributed by atoms with E-state index in [0.717, 1.165) is 5.56 Å². The van der Waals surface area contributed by atoms with Crippen molar-refractivity contribution in [2.75, 3.05) is 25.0 Å². The van der Waals surface area contributed by atoms with Crippen molar-refractivity contribution in [1.82, 2.24) is 20.0 Å². The molecule has 9 nitrogen and oxygen atoms in total. The zero-order chi connectivity index (χ0) is 19.5. The Kier molecular flexibility index (Phi) is 4.81. The number of nitrogens with zero attached hydrogens (tertiary/aromatic N) is 4. The standard InChI is InChI=1S/C19H18N6O3/c20-17(27)12-3-5-15(6-4-12)22-16(26)11-25-9-14(10-25)19-23-18(24-28-19)13-2-1-7-21-8-13/h1-8,14H,9-11H2,(H2,20,27)(H,22,26). The molecule has 0 saturated carbocycles. The highest BCUT2D eigenvalue weighted by Gasteiger charge is 2.33. The number of aromatic nitrogens is 3. The maximum Gasteiger partial charge on any atom is 0.248 e. The highest BCUT2D eigenvalue weighted by atomic mass is 16.5. The number of nitrogens with one attached hydrogen (secondary N) is 1. The van der Waals surface area contributed by atoms with Gasteiger partial charge in [-0.05, 0) is 36.4 Å². The number of carbonyl (C=O) groups is 2. The molecule has 0 unspecified atom stereocenters. The van der Waals surface area contributed by atoms with Gasteiger partial charge in [-0.2, -0.15) is 4.98 Å². The Balaban J connectivity index is 1.27. The van der Waals surface area contributed by atoms with Gasteiger partial charge < -0.3 is 15.6 Å². The summed E-state index contributed by atoms with van der Waals surface area (Å²) in [5.74, 6) is 0.556. The van der Waals surface area contributed by atoms with Crippen LogP contribution in [0.5, 0.6) is 0 Å². The van der Waals surface area contributed by atoms with Crippen molar-refractivity contribution in [1.29, 1.82) is 0 Å². The first kappa shape index (κ1) is 17.8. The second kappa shape index (κ2) is 7.57. The van der Waals surface area contributed by atoms with Crippen molar-refractivity contribution in [2.24, 2.45) is 5.73 Å². The number of rotatable bonds is 6. The molecule has 2 aromatic heterocycles. The van der Waals surface area contributed by atoms with E-state index in [2.05, 4.69) is 20.4 Å². The molecule has 3 heterocycles. The zero-order valence-electron chi connectivity index (χ0n) is 14.9. The van der Waals surface area contributed by atoms with E-state index in [4.69, 9.17) is 10.3 Å². The molecule has 3 aromatic rings. The van der Waals surface area contributed by atoms with Crippen molar-refractivity contribution < 1.29 is 14.1 Å². The van der Waals surface area contributed by atoms with Crippen LogP contribution in [-0.2, 0) is 4.79 Å². The van der Waals surface area contributed by atoms with Gasteiger partial charge in [0.05, 0.1) is 12.5 Å². The number of hydrogen-bond acceptors (Lipinski definition) is 7. The number of anilines is 1. The molecule has 142 valence electrons. The Morgan fingerprint density at radius 2 is 2.00 bits per heavy atom. The summed E-state index contributed by atoms with van der Waals surface area (Å²) in [6.45, 7) is 1.60. The average molecular weight is 378 g/mol. The van der Waals surface area contributed by atoms with Crippen LogP contribution in [0.4, 0.5) is 5.69 Å². The fourth-order valence-corrected chi connectivity index (χ4v) is 2.99. The van der Waals surface area contributed by atoms with E-state index in [1.165, 1.54) is 0 Å². The molecule has 1 saturated heterocycles. The van der Waals surface area contributed by atoms with Gasteiger partial charge in [0.15, 0.2) is 0 Å². The summed E-state index contributed by atoms with van der Waals surface area (Å²) >= 11 is 0. The van der Waals surface area contributed by atoms with Gasteiger partial charge in [0.2, 0.25) is 23.5 Å². The molecule has 0 radical (unpaired) electrons. The summed E-state index contributed by atoms with van der Waals surface area (Å²) in [5.41, 5.74) is 7.01. The van der Waals surface area contributed by atoms with Crippen LogP contribution >= 0.6 is 0 Å². The van der Waals surface area contributed by atoms with Gasteiger partial charge in [-0.25, -0.2) is 0 Å². The van der Waals surface area contributed by atoms with Gasteiger partial charge in [0, 0.05) is 42.3 Å². The molecule has 0 atom stereocenters.